The van der Waals surface area contributed by atoms with E-state index >= 15 is 0 Å². The summed E-state index contributed by atoms with van der Waals surface area (Å²) in [7, 11) is 3.98. The van der Waals surface area contributed by atoms with Crippen molar-refractivity contribution in [2.45, 2.75) is 19.4 Å². The average molecular weight is 315 g/mol. The lowest BCUT2D eigenvalue weighted by molar-refractivity contribution is -0.131. The molecule has 23 heavy (non-hydrogen) atoms. The first-order chi connectivity index (χ1) is 11.0. The van der Waals surface area contributed by atoms with Crippen LogP contribution in [0.15, 0.2) is 18.3 Å². The summed E-state index contributed by atoms with van der Waals surface area (Å²) in [6, 6.07) is 3.22. The number of benzene rings is 1. The van der Waals surface area contributed by atoms with Gasteiger partial charge in [0.15, 0.2) is 0 Å². The molecule has 2 heterocycles. The minimum Gasteiger partial charge on any atom is -0.350 e. The summed E-state index contributed by atoms with van der Waals surface area (Å²) < 4.78 is 1.20. The van der Waals surface area contributed by atoms with Gasteiger partial charge in [-0.3, -0.25) is 4.79 Å². The molecular weight excluding hydrogens is 294 g/mol. The maximum Gasteiger partial charge on any atom is 0.340 e. The SMILES string of the molecule is CN(C)CCN1Cc2c(ccc3c2cnn3C(N)=O)CCC1=O. The third-order valence-electron chi connectivity index (χ3n) is 4.30. The van der Waals surface area contributed by atoms with Crippen LogP contribution in [0.1, 0.15) is 17.5 Å². The predicted molar refractivity (Wildman–Crippen MR) is 87.0 cm³/mol. The van der Waals surface area contributed by atoms with E-state index in [2.05, 4.69) is 10.00 Å². The Balaban J connectivity index is 2.00. The van der Waals surface area contributed by atoms with E-state index in [1.54, 1.807) is 6.20 Å². The summed E-state index contributed by atoms with van der Waals surface area (Å²) in [5.41, 5.74) is 8.26. The topological polar surface area (TPSA) is 84.5 Å². The molecule has 0 aliphatic carbocycles. The summed E-state index contributed by atoms with van der Waals surface area (Å²) in [5.74, 6) is 0.165. The lowest BCUT2D eigenvalue weighted by atomic mass is 10.0. The number of amides is 2. The van der Waals surface area contributed by atoms with Crippen molar-refractivity contribution >= 4 is 22.8 Å². The van der Waals surface area contributed by atoms with Gasteiger partial charge in [0.2, 0.25) is 5.91 Å². The molecule has 0 atom stereocenters. The van der Waals surface area contributed by atoms with Crippen LogP contribution in [0.4, 0.5) is 4.79 Å². The molecule has 2 aromatic rings. The molecule has 0 radical (unpaired) electrons. The Morgan fingerprint density at radius 2 is 2.13 bits per heavy atom. The molecule has 0 saturated carbocycles. The molecule has 1 aliphatic heterocycles. The smallest absolute Gasteiger partial charge is 0.340 e. The Morgan fingerprint density at radius 1 is 1.35 bits per heavy atom. The van der Waals surface area contributed by atoms with E-state index in [4.69, 9.17) is 5.73 Å². The number of aromatic nitrogens is 2. The highest BCUT2D eigenvalue weighted by Gasteiger charge is 2.23. The van der Waals surface area contributed by atoms with Crippen molar-refractivity contribution in [1.29, 1.82) is 0 Å². The van der Waals surface area contributed by atoms with Crippen LogP contribution in [-0.2, 0) is 17.8 Å². The largest absolute Gasteiger partial charge is 0.350 e. The van der Waals surface area contributed by atoms with Gasteiger partial charge < -0.3 is 15.5 Å². The second kappa shape index (κ2) is 6.00. The minimum atomic E-state index is -0.603. The zero-order valence-corrected chi connectivity index (χ0v) is 13.5. The molecule has 0 fully saturated rings. The van der Waals surface area contributed by atoms with Crippen LogP contribution >= 0.6 is 0 Å². The lowest BCUT2D eigenvalue weighted by Gasteiger charge is -2.23. The number of hydrogen-bond acceptors (Lipinski definition) is 4. The molecule has 2 amide bonds. The molecule has 0 bridgehead atoms. The third kappa shape index (κ3) is 2.92. The highest BCUT2D eigenvalue weighted by atomic mass is 16.2. The zero-order valence-electron chi connectivity index (χ0n) is 13.5. The summed E-state index contributed by atoms with van der Waals surface area (Å²) >= 11 is 0. The van der Waals surface area contributed by atoms with E-state index in [9.17, 15) is 9.59 Å². The van der Waals surface area contributed by atoms with E-state index in [-0.39, 0.29) is 5.91 Å². The van der Waals surface area contributed by atoms with E-state index in [0.717, 1.165) is 23.1 Å². The summed E-state index contributed by atoms with van der Waals surface area (Å²) in [4.78, 5) is 27.8. The Hall–Kier alpha value is -2.41. The number of nitrogens with two attached hydrogens (primary N) is 1. The fourth-order valence-electron chi connectivity index (χ4n) is 3.00. The first kappa shape index (κ1) is 15.5. The number of rotatable bonds is 3. The van der Waals surface area contributed by atoms with Crippen molar-refractivity contribution in [2.24, 2.45) is 5.73 Å². The van der Waals surface area contributed by atoms with Gasteiger partial charge >= 0.3 is 6.03 Å². The van der Waals surface area contributed by atoms with Gasteiger partial charge in [-0.2, -0.15) is 9.78 Å². The second-order valence-electron chi connectivity index (χ2n) is 6.15. The van der Waals surface area contributed by atoms with Crippen molar-refractivity contribution < 1.29 is 9.59 Å². The summed E-state index contributed by atoms with van der Waals surface area (Å²) in [5, 5.41) is 4.98. The quantitative estimate of drug-likeness (QED) is 0.908. The monoisotopic (exact) mass is 315 g/mol. The van der Waals surface area contributed by atoms with Crippen molar-refractivity contribution in [3.63, 3.8) is 0 Å². The normalized spacial score (nSPS) is 15.1. The molecule has 0 saturated heterocycles. The van der Waals surface area contributed by atoms with Gasteiger partial charge in [0.25, 0.3) is 0 Å². The number of primary amides is 1. The Kier molecular flexibility index (Phi) is 4.04. The average Bonchev–Trinajstić information content (AvgIpc) is 2.86. The number of hydrogen-bond donors (Lipinski definition) is 1. The number of likely N-dealkylation sites (N-methyl/N-ethyl adjacent to an activating group) is 1. The number of carbonyl (C=O) groups excluding carboxylic acids is 2. The van der Waals surface area contributed by atoms with Gasteiger partial charge in [-0.25, -0.2) is 4.79 Å². The van der Waals surface area contributed by atoms with Crippen molar-refractivity contribution in [1.82, 2.24) is 19.6 Å². The van der Waals surface area contributed by atoms with Gasteiger partial charge in [0.1, 0.15) is 0 Å². The number of aryl methyl sites for hydroxylation is 1. The zero-order chi connectivity index (χ0) is 16.6. The van der Waals surface area contributed by atoms with E-state index in [0.29, 0.717) is 31.4 Å². The molecule has 2 N–H and O–H groups in total. The van der Waals surface area contributed by atoms with Crippen LogP contribution in [0.2, 0.25) is 0 Å². The molecule has 3 rings (SSSR count). The molecule has 7 heteroatoms. The maximum absolute atomic E-state index is 12.4. The standard InChI is InChI=1S/C16H21N5O2/c1-19(2)7-8-20-10-13-11(4-6-15(20)22)3-5-14-12(13)9-18-21(14)16(17)23/h3,5,9H,4,6-8,10H2,1-2H3,(H2,17,23). The highest BCUT2D eigenvalue weighted by Crippen LogP contribution is 2.27. The van der Waals surface area contributed by atoms with Gasteiger partial charge in [0.05, 0.1) is 11.7 Å². The van der Waals surface area contributed by atoms with Crippen LogP contribution in [-0.4, -0.2) is 58.7 Å². The first-order valence-electron chi connectivity index (χ1n) is 7.68. The first-order valence-corrected chi connectivity index (χ1v) is 7.68. The van der Waals surface area contributed by atoms with Gasteiger partial charge in [-0.05, 0) is 37.7 Å². The lowest BCUT2D eigenvalue weighted by Crippen LogP contribution is -2.35. The van der Waals surface area contributed by atoms with Crippen LogP contribution in [0.5, 0.6) is 0 Å². The fraction of sp³-hybridized carbons (Fsp3) is 0.438. The fourth-order valence-corrected chi connectivity index (χ4v) is 3.00. The third-order valence-corrected chi connectivity index (χ3v) is 4.30. The van der Waals surface area contributed by atoms with Gasteiger partial charge in [0, 0.05) is 31.4 Å². The molecule has 7 nitrogen and oxygen atoms in total. The van der Waals surface area contributed by atoms with Gasteiger partial charge in [-0.15, -0.1) is 0 Å². The van der Waals surface area contributed by atoms with Crippen LogP contribution in [0.3, 0.4) is 0 Å². The summed E-state index contributed by atoms with van der Waals surface area (Å²) in [6.07, 6.45) is 2.89. The molecule has 1 aliphatic rings. The van der Waals surface area contributed by atoms with E-state index < -0.39 is 6.03 Å². The van der Waals surface area contributed by atoms with Gasteiger partial charge in [-0.1, -0.05) is 6.07 Å². The maximum atomic E-state index is 12.4. The molecule has 0 unspecified atom stereocenters. The number of nitrogens with zero attached hydrogens (tertiary/aromatic N) is 4. The van der Waals surface area contributed by atoms with Crippen molar-refractivity contribution in [3.05, 3.63) is 29.5 Å². The van der Waals surface area contributed by atoms with Crippen molar-refractivity contribution in [3.8, 4) is 0 Å². The minimum absolute atomic E-state index is 0.165. The molecule has 122 valence electrons. The van der Waals surface area contributed by atoms with E-state index in [1.165, 1.54) is 4.68 Å². The predicted octanol–water partition coefficient (Wildman–Crippen LogP) is 0.799. The Labute approximate surface area is 134 Å². The second-order valence-corrected chi connectivity index (χ2v) is 6.15. The molecule has 1 aromatic carbocycles. The van der Waals surface area contributed by atoms with Crippen LogP contribution in [0.25, 0.3) is 10.9 Å². The molecular formula is C16H21N5O2. The van der Waals surface area contributed by atoms with Crippen LogP contribution < -0.4 is 5.73 Å². The highest BCUT2D eigenvalue weighted by molar-refractivity contribution is 5.92. The number of carbonyl (C=O) groups is 2. The molecule has 0 spiro atoms. The summed E-state index contributed by atoms with van der Waals surface area (Å²) in [6.45, 7) is 2.05. The molecule has 1 aromatic heterocycles. The van der Waals surface area contributed by atoms with Crippen molar-refractivity contribution in [2.75, 3.05) is 27.2 Å². The van der Waals surface area contributed by atoms with E-state index in [1.807, 2.05) is 31.1 Å². The Bertz CT molecular complexity index is 765. The number of fused-ring (bicyclic) bond motifs is 3. The van der Waals surface area contributed by atoms with Crippen LogP contribution in [0, 0.1) is 0 Å². The Morgan fingerprint density at radius 3 is 2.83 bits per heavy atom.